The summed E-state index contributed by atoms with van der Waals surface area (Å²) < 4.78 is 16.2. The molecule has 0 spiro atoms. The number of anilines is 2. The first kappa shape index (κ1) is 18.0. The Balaban J connectivity index is 1.45. The van der Waals surface area contributed by atoms with Gasteiger partial charge in [-0.2, -0.15) is 0 Å². The Morgan fingerprint density at radius 1 is 1.27 bits per heavy atom. The number of methoxy groups -OCH3 is 1. The molecule has 138 valence electrons. The van der Waals surface area contributed by atoms with Gasteiger partial charge in [0.1, 0.15) is 5.82 Å². The van der Waals surface area contributed by atoms with Crippen LogP contribution in [0.2, 0.25) is 0 Å². The Hall–Kier alpha value is -2.80. The second-order valence-electron chi connectivity index (χ2n) is 5.94. The summed E-state index contributed by atoms with van der Waals surface area (Å²) in [5, 5.41) is 5.99. The smallest absolute Gasteiger partial charge is 0.263 e. The summed E-state index contributed by atoms with van der Waals surface area (Å²) in [4.78, 5) is 16.3. The predicted molar refractivity (Wildman–Crippen MR) is 98.8 cm³/mol. The number of pyridine rings is 1. The van der Waals surface area contributed by atoms with Gasteiger partial charge in [0.25, 0.3) is 5.91 Å². The van der Waals surface area contributed by atoms with Crippen LogP contribution in [0.4, 0.5) is 11.5 Å². The van der Waals surface area contributed by atoms with E-state index in [9.17, 15) is 4.79 Å². The van der Waals surface area contributed by atoms with E-state index in [1.807, 2.05) is 18.2 Å². The number of nitrogens with zero attached hydrogens (tertiary/aromatic N) is 1. The second-order valence-corrected chi connectivity index (χ2v) is 5.94. The average molecular weight is 357 g/mol. The fourth-order valence-electron chi connectivity index (χ4n) is 2.67. The molecule has 2 aromatic rings. The first-order chi connectivity index (χ1) is 12.7. The summed E-state index contributed by atoms with van der Waals surface area (Å²) in [5.74, 6) is 1.29. The van der Waals surface area contributed by atoms with E-state index in [1.54, 1.807) is 31.5 Å². The molecular weight excluding hydrogens is 334 g/mol. The number of aromatic nitrogens is 1. The molecule has 1 fully saturated rings. The maximum absolute atomic E-state index is 12.0. The summed E-state index contributed by atoms with van der Waals surface area (Å²) in [6.07, 6.45) is 4.15. The Bertz CT molecular complexity index is 715. The van der Waals surface area contributed by atoms with Crippen molar-refractivity contribution in [2.24, 2.45) is 0 Å². The molecule has 0 saturated carbocycles. The van der Waals surface area contributed by atoms with Crippen molar-refractivity contribution in [3.05, 3.63) is 42.6 Å². The Labute approximate surface area is 152 Å². The fraction of sp³-hybridized carbons (Fsp3) is 0.368. The van der Waals surface area contributed by atoms with Gasteiger partial charge in [0.05, 0.1) is 25.1 Å². The first-order valence-electron chi connectivity index (χ1n) is 8.62. The van der Waals surface area contributed by atoms with Gasteiger partial charge in [-0.15, -0.1) is 0 Å². The van der Waals surface area contributed by atoms with E-state index in [0.29, 0.717) is 17.3 Å². The van der Waals surface area contributed by atoms with Crippen LogP contribution in [0.5, 0.6) is 11.5 Å². The number of amides is 1. The Kier molecular flexibility index (Phi) is 6.27. The molecule has 1 aliphatic rings. The van der Waals surface area contributed by atoms with Crippen LogP contribution in [-0.2, 0) is 9.53 Å². The Morgan fingerprint density at radius 3 is 2.81 bits per heavy atom. The summed E-state index contributed by atoms with van der Waals surface area (Å²) in [5.41, 5.74) is 0.892. The molecule has 7 heteroatoms. The number of hydrogen-bond donors (Lipinski definition) is 2. The van der Waals surface area contributed by atoms with Crippen molar-refractivity contribution in [1.29, 1.82) is 0 Å². The van der Waals surface area contributed by atoms with Gasteiger partial charge >= 0.3 is 0 Å². The molecule has 1 aliphatic heterocycles. The van der Waals surface area contributed by atoms with E-state index < -0.39 is 0 Å². The van der Waals surface area contributed by atoms with Crippen LogP contribution < -0.4 is 20.1 Å². The van der Waals surface area contributed by atoms with Crippen LogP contribution in [0, 0.1) is 0 Å². The largest absolute Gasteiger partial charge is 0.493 e. The molecule has 0 radical (unpaired) electrons. The molecule has 1 unspecified atom stereocenters. The molecule has 2 N–H and O–H groups in total. The summed E-state index contributed by atoms with van der Waals surface area (Å²) in [7, 11) is 1.56. The molecule has 1 amide bonds. The molecule has 26 heavy (non-hydrogen) atoms. The van der Waals surface area contributed by atoms with Crippen LogP contribution in [0.3, 0.4) is 0 Å². The topological polar surface area (TPSA) is 81.7 Å². The molecule has 1 saturated heterocycles. The zero-order chi connectivity index (χ0) is 18.2. The summed E-state index contributed by atoms with van der Waals surface area (Å²) >= 11 is 0. The van der Waals surface area contributed by atoms with Crippen LogP contribution in [0.25, 0.3) is 0 Å². The molecular formula is C19H23N3O4. The van der Waals surface area contributed by atoms with Crippen molar-refractivity contribution < 1.29 is 19.0 Å². The monoisotopic (exact) mass is 357 g/mol. The highest BCUT2D eigenvalue weighted by atomic mass is 16.5. The minimum atomic E-state index is -0.288. The molecule has 1 atom stereocenters. The molecule has 1 aromatic carbocycles. The van der Waals surface area contributed by atoms with Crippen molar-refractivity contribution >= 4 is 17.4 Å². The van der Waals surface area contributed by atoms with Gasteiger partial charge in [0, 0.05) is 13.2 Å². The van der Waals surface area contributed by atoms with E-state index in [1.165, 1.54) is 0 Å². The van der Waals surface area contributed by atoms with Crippen molar-refractivity contribution in [2.45, 2.75) is 18.9 Å². The molecule has 0 bridgehead atoms. The second kappa shape index (κ2) is 9.05. The van der Waals surface area contributed by atoms with Crippen molar-refractivity contribution in [1.82, 2.24) is 4.98 Å². The minimum Gasteiger partial charge on any atom is -0.493 e. The lowest BCUT2D eigenvalue weighted by atomic mass is 10.2. The van der Waals surface area contributed by atoms with Gasteiger partial charge in [-0.3, -0.25) is 4.79 Å². The molecule has 1 aromatic heterocycles. The lowest BCUT2D eigenvalue weighted by molar-refractivity contribution is -0.118. The lowest BCUT2D eigenvalue weighted by Crippen LogP contribution is -2.21. The normalized spacial score (nSPS) is 16.1. The maximum atomic E-state index is 12.0. The highest BCUT2D eigenvalue weighted by Gasteiger charge is 2.14. The zero-order valence-corrected chi connectivity index (χ0v) is 14.7. The third-order valence-electron chi connectivity index (χ3n) is 4.02. The lowest BCUT2D eigenvalue weighted by Gasteiger charge is -2.12. The minimum absolute atomic E-state index is 0.124. The van der Waals surface area contributed by atoms with Crippen LogP contribution in [0.15, 0.2) is 42.6 Å². The SMILES string of the molecule is COc1ccccc1OCC(=O)Nc1ccc(NCC2CCCO2)cn1. The number of carbonyl (C=O) groups excluding carboxylic acids is 1. The number of ether oxygens (including phenoxy) is 3. The van der Waals surface area contributed by atoms with E-state index in [-0.39, 0.29) is 18.6 Å². The number of hydrogen-bond acceptors (Lipinski definition) is 6. The standard InChI is InChI=1S/C19H23N3O4/c1-24-16-6-2-3-7-17(16)26-13-19(23)22-18-9-8-14(11-21-18)20-12-15-5-4-10-25-15/h2-3,6-9,11,15,20H,4-5,10,12-13H2,1H3,(H,21,22,23). The molecule has 0 aliphatic carbocycles. The Morgan fingerprint density at radius 2 is 2.12 bits per heavy atom. The van der Waals surface area contributed by atoms with Crippen LogP contribution in [-0.4, -0.2) is 43.9 Å². The number of carbonyl (C=O) groups is 1. The number of benzene rings is 1. The predicted octanol–water partition coefficient (Wildman–Crippen LogP) is 2.70. The fourth-order valence-corrected chi connectivity index (χ4v) is 2.67. The first-order valence-corrected chi connectivity index (χ1v) is 8.62. The zero-order valence-electron chi connectivity index (χ0n) is 14.7. The van der Waals surface area contributed by atoms with Gasteiger partial charge in [-0.05, 0) is 37.1 Å². The maximum Gasteiger partial charge on any atom is 0.263 e. The molecule has 7 nitrogen and oxygen atoms in total. The van der Waals surface area contributed by atoms with Gasteiger partial charge in [-0.25, -0.2) is 4.98 Å². The summed E-state index contributed by atoms with van der Waals surface area (Å²) in [6.45, 7) is 1.48. The van der Waals surface area contributed by atoms with Gasteiger partial charge in [0.2, 0.25) is 0 Å². The van der Waals surface area contributed by atoms with E-state index >= 15 is 0 Å². The van der Waals surface area contributed by atoms with E-state index in [4.69, 9.17) is 14.2 Å². The highest BCUT2D eigenvalue weighted by molar-refractivity contribution is 5.91. The highest BCUT2D eigenvalue weighted by Crippen LogP contribution is 2.25. The van der Waals surface area contributed by atoms with Crippen molar-refractivity contribution in [3.63, 3.8) is 0 Å². The quantitative estimate of drug-likeness (QED) is 0.756. The van der Waals surface area contributed by atoms with Crippen LogP contribution >= 0.6 is 0 Å². The van der Waals surface area contributed by atoms with Crippen molar-refractivity contribution in [3.8, 4) is 11.5 Å². The number of rotatable bonds is 8. The van der Waals surface area contributed by atoms with Gasteiger partial charge in [-0.1, -0.05) is 12.1 Å². The number of para-hydroxylation sites is 2. The van der Waals surface area contributed by atoms with Gasteiger partial charge < -0.3 is 24.8 Å². The van der Waals surface area contributed by atoms with Gasteiger partial charge in [0.15, 0.2) is 18.1 Å². The summed E-state index contributed by atoms with van der Waals surface area (Å²) in [6, 6.07) is 10.8. The van der Waals surface area contributed by atoms with E-state index in [0.717, 1.165) is 31.7 Å². The third kappa shape index (κ3) is 5.10. The molecule has 2 heterocycles. The number of nitrogens with one attached hydrogen (secondary N) is 2. The average Bonchev–Trinajstić information content (AvgIpc) is 3.20. The molecule has 3 rings (SSSR count). The van der Waals surface area contributed by atoms with Crippen LogP contribution in [0.1, 0.15) is 12.8 Å². The van der Waals surface area contributed by atoms with Crippen molar-refractivity contribution in [2.75, 3.05) is 37.5 Å². The van der Waals surface area contributed by atoms with E-state index in [2.05, 4.69) is 15.6 Å². The third-order valence-corrected chi connectivity index (χ3v) is 4.02.